The number of rotatable bonds is 5. The number of fused-ring (bicyclic) bond motifs is 1. The lowest BCUT2D eigenvalue weighted by Gasteiger charge is -2.29. The van der Waals surface area contributed by atoms with Crippen molar-refractivity contribution in [3.05, 3.63) is 33.1 Å². The molecule has 0 radical (unpaired) electrons. The summed E-state index contributed by atoms with van der Waals surface area (Å²) in [6.45, 7) is 11.1. The van der Waals surface area contributed by atoms with E-state index >= 15 is 0 Å². The van der Waals surface area contributed by atoms with Gasteiger partial charge in [-0.15, -0.1) is 23.7 Å². The predicted molar refractivity (Wildman–Crippen MR) is 116 cm³/mol. The Bertz CT molecular complexity index is 1010. The lowest BCUT2D eigenvalue weighted by Crippen LogP contribution is -2.39. The summed E-state index contributed by atoms with van der Waals surface area (Å²) < 4.78 is 5.40. The first kappa shape index (κ1) is 22.3. The average molecular weight is 423 g/mol. The number of nitrogens with two attached hydrogens (primary N) is 1. The summed E-state index contributed by atoms with van der Waals surface area (Å²) in [5.41, 5.74) is 9.05. The molecule has 0 aliphatic rings. The van der Waals surface area contributed by atoms with Crippen LogP contribution in [0.5, 0.6) is 0 Å². The quantitative estimate of drug-likeness (QED) is 0.660. The third-order valence-corrected chi connectivity index (χ3v) is 5.69. The molecule has 0 unspecified atom stereocenters. The Balaban J connectivity index is 0.00000280. The standard InChI is InChI=1S/C20H26N4O2S.ClH/c1-11-7-14(13(3)27-11)16-8-15(17-12(2)23-26-18(17)22-16)19(25)24(6)10-20(4,5)9-21;/h7-8H,9-10,21H2,1-6H3;1H. The van der Waals surface area contributed by atoms with Gasteiger partial charge in [-0.05, 0) is 44.9 Å². The molecular formula is C20H27ClN4O2S. The molecule has 0 aliphatic carbocycles. The number of pyridine rings is 1. The number of amides is 1. The fraction of sp³-hybridized carbons (Fsp3) is 0.450. The molecule has 0 bridgehead atoms. The molecule has 3 aromatic rings. The SMILES string of the molecule is Cc1cc(-c2cc(C(=O)N(C)CC(C)(C)CN)c3c(C)noc3n2)c(C)s1.Cl. The number of aromatic nitrogens is 2. The fourth-order valence-corrected chi connectivity index (χ4v) is 4.20. The Morgan fingerprint density at radius 3 is 2.54 bits per heavy atom. The second kappa shape index (κ2) is 8.19. The highest BCUT2D eigenvalue weighted by Gasteiger charge is 2.26. The molecule has 6 nitrogen and oxygen atoms in total. The molecular weight excluding hydrogens is 396 g/mol. The van der Waals surface area contributed by atoms with Gasteiger partial charge in [0.1, 0.15) is 0 Å². The van der Waals surface area contributed by atoms with Gasteiger partial charge >= 0.3 is 0 Å². The molecule has 3 aromatic heterocycles. The van der Waals surface area contributed by atoms with Gasteiger partial charge in [-0.3, -0.25) is 4.79 Å². The van der Waals surface area contributed by atoms with Crippen LogP contribution >= 0.6 is 23.7 Å². The molecule has 28 heavy (non-hydrogen) atoms. The average Bonchev–Trinajstić information content (AvgIpc) is 3.15. The van der Waals surface area contributed by atoms with Crippen molar-refractivity contribution in [2.45, 2.75) is 34.6 Å². The number of carbonyl (C=O) groups excluding carboxylic acids is 1. The first-order valence-corrected chi connectivity index (χ1v) is 9.74. The topological polar surface area (TPSA) is 85.2 Å². The molecule has 0 aromatic carbocycles. The number of halogens is 1. The fourth-order valence-electron chi connectivity index (χ4n) is 3.27. The van der Waals surface area contributed by atoms with E-state index in [1.165, 1.54) is 4.88 Å². The van der Waals surface area contributed by atoms with Gasteiger partial charge in [0, 0.05) is 28.9 Å². The van der Waals surface area contributed by atoms with Crippen molar-refractivity contribution in [3.63, 3.8) is 0 Å². The molecule has 8 heteroatoms. The van der Waals surface area contributed by atoms with Crippen molar-refractivity contribution >= 4 is 40.8 Å². The lowest BCUT2D eigenvalue weighted by molar-refractivity contribution is 0.0742. The Morgan fingerprint density at radius 2 is 1.96 bits per heavy atom. The predicted octanol–water partition coefficient (Wildman–Crippen LogP) is 4.36. The normalized spacial score (nSPS) is 11.5. The lowest BCUT2D eigenvalue weighted by atomic mass is 9.93. The molecule has 0 spiro atoms. The number of carbonyl (C=O) groups is 1. The largest absolute Gasteiger partial charge is 0.341 e. The highest BCUT2D eigenvalue weighted by molar-refractivity contribution is 7.12. The number of aryl methyl sites for hydroxylation is 3. The number of thiophene rings is 1. The minimum atomic E-state index is -0.163. The van der Waals surface area contributed by atoms with Crippen LogP contribution in [0.25, 0.3) is 22.4 Å². The van der Waals surface area contributed by atoms with E-state index in [0.29, 0.717) is 35.4 Å². The van der Waals surface area contributed by atoms with Crippen LogP contribution in [-0.4, -0.2) is 41.1 Å². The summed E-state index contributed by atoms with van der Waals surface area (Å²) in [6, 6.07) is 3.95. The summed E-state index contributed by atoms with van der Waals surface area (Å²) >= 11 is 1.71. The third kappa shape index (κ3) is 4.21. The van der Waals surface area contributed by atoms with E-state index < -0.39 is 0 Å². The van der Waals surface area contributed by atoms with E-state index in [2.05, 4.69) is 30.1 Å². The Kier molecular flexibility index (Phi) is 6.53. The van der Waals surface area contributed by atoms with Gasteiger partial charge in [0.15, 0.2) is 0 Å². The molecule has 3 rings (SSSR count). The monoisotopic (exact) mass is 422 g/mol. The highest BCUT2D eigenvalue weighted by Crippen LogP contribution is 2.33. The van der Waals surface area contributed by atoms with Crippen LogP contribution in [0.3, 0.4) is 0 Å². The van der Waals surface area contributed by atoms with Crippen LogP contribution < -0.4 is 5.73 Å². The summed E-state index contributed by atoms with van der Waals surface area (Å²) in [5, 5.41) is 4.70. The summed E-state index contributed by atoms with van der Waals surface area (Å²) in [4.78, 5) is 22.0. The summed E-state index contributed by atoms with van der Waals surface area (Å²) in [5.74, 6) is -0.0823. The number of hydrogen-bond donors (Lipinski definition) is 1. The molecule has 0 saturated heterocycles. The Hall–Kier alpha value is -1.96. The third-order valence-electron chi connectivity index (χ3n) is 4.73. The molecule has 1 amide bonds. The van der Waals surface area contributed by atoms with E-state index in [4.69, 9.17) is 10.3 Å². The molecule has 0 fully saturated rings. The van der Waals surface area contributed by atoms with E-state index in [1.807, 2.05) is 26.8 Å². The smallest absolute Gasteiger partial charge is 0.259 e. The van der Waals surface area contributed by atoms with Crippen LogP contribution in [-0.2, 0) is 0 Å². The summed E-state index contributed by atoms with van der Waals surface area (Å²) in [6.07, 6.45) is 0. The number of nitrogens with zero attached hydrogens (tertiary/aromatic N) is 3. The molecule has 0 saturated carbocycles. The van der Waals surface area contributed by atoms with Gasteiger partial charge in [-0.25, -0.2) is 4.98 Å². The van der Waals surface area contributed by atoms with Gasteiger partial charge in [-0.2, -0.15) is 0 Å². The highest BCUT2D eigenvalue weighted by atomic mass is 35.5. The summed E-state index contributed by atoms with van der Waals surface area (Å²) in [7, 11) is 1.80. The van der Waals surface area contributed by atoms with Gasteiger partial charge in [0.25, 0.3) is 11.6 Å². The maximum atomic E-state index is 13.3. The second-order valence-electron chi connectivity index (χ2n) is 7.86. The van der Waals surface area contributed by atoms with Crippen LogP contribution in [0, 0.1) is 26.2 Å². The Labute approximate surface area is 175 Å². The van der Waals surface area contributed by atoms with Crippen molar-refractivity contribution < 1.29 is 9.32 Å². The van der Waals surface area contributed by atoms with Gasteiger partial charge < -0.3 is 15.2 Å². The van der Waals surface area contributed by atoms with Gasteiger partial charge in [0.2, 0.25) is 0 Å². The molecule has 2 N–H and O–H groups in total. The zero-order valence-corrected chi connectivity index (χ0v) is 18.8. The number of hydrogen-bond acceptors (Lipinski definition) is 6. The van der Waals surface area contributed by atoms with E-state index in [-0.39, 0.29) is 23.7 Å². The van der Waals surface area contributed by atoms with Crippen LogP contribution in [0.15, 0.2) is 16.7 Å². The van der Waals surface area contributed by atoms with Crippen molar-refractivity contribution in [1.82, 2.24) is 15.0 Å². The van der Waals surface area contributed by atoms with Crippen molar-refractivity contribution in [3.8, 4) is 11.3 Å². The van der Waals surface area contributed by atoms with Gasteiger partial charge in [-0.1, -0.05) is 19.0 Å². The van der Waals surface area contributed by atoms with Crippen LogP contribution in [0.4, 0.5) is 0 Å². The first-order valence-electron chi connectivity index (χ1n) is 8.93. The van der Waals surface area contributed by atoms with E-state index in [9.17, 15) is 4.79 Å². The van der Waals surface area contributed by atoms with Crippen LogP contribution in [0.2, 0.25) is 0 Å². The minimum absolute atomic E-state index is 0. The van der Waals surface area contributed by atoms with E-state index in [1.54, 1.807) is 23.3 Å². The molecule has 3 heterocycles. The first-order chi connectivity index (χ1) is 12.6. The maximum Gasteiger partial charge on any atom is 0.259 e. The Morgan fingerprint density at radius 1 is 1.29 bits per heavy atom. The van der Waals surface area contributed by atoms with Crippen molar-refractivity contribution in [1.29, 1.82) is 0 Å². The second-order valence-corrected chi connectivity index (χ2v) is 9.32. The van der Waals surface area contributed by atoms with Crippen LogP contribution in [0.1, 0.15) is 39.7 Å². The maximum absolute atomic E-state index is 13.3. The zero-order valence-electron chi connectivity index (χ0n) is 17.1. The molecule has 0 aliphatic heterocycles. The van der Waals surface area contributed by atoms with Crippen molar-refractivity contribution in [2.24, 2.45) is 11.1 Å². The molecule has 152 valence electrons. The minimum Gasteiger partial charge on any atom is -0.341 e. The zero-order chi connectivity index (χ0) is 19.9. The van der Waals surface area contributed by atoms with Crippen molar-refractivity contribution in [2.75, 3.05) is 20.1 Å². The molecule has 0 atom stereocenters. The van der Waals surface area contributed by atoms with E-state index in [0.717, 1.165) is 16.1 Å². The van der Waals surface area contributed by atoms with Gasteiger partial charge in [0.05, 0.1) is 22.3 Å².